The van der Waals surface area contributed by atoms with Crippen molar-refractivity contribution in [3.8, 4) is 0 Å². The molecule has 0 radical (unpaired) electrons. The number of carbonyl (C=O) groups is 3. The zero-order valence-corrected chi connectivity index (χ0v) is 19.6. The Hall–Kier alpha value is -3.52. The topological polar surface area (TPSA) is 113 Å². The average Bonchev–Trinajstić information content (AvgIpc) is 3.18. The van der Waals surface area contributed by atoms with Crippen molar-refractivity contribution in [3.63, 3.8) is 0 Å². The minimum Gasteiger partial charge on any atom is -0.478 e. The Balaban J connectivity index is 1.64. The molecule has 178 valence electrons. The quantitative estimate of drug-likeness (QED) is 0.536. The van der Waals surface area contributed by atoms with E-state index in [0.717, 1.165) is 31.2 Å². The van der Waals surface area contributed by atoms with Gasteiger partial charge in [-0.1, -0.05) is 6.07 Å². The summed E-state index contributed by atoms with van der Waals surface area (Å²) in [6.45, 7) is 1.90. The third-order valence-corrected chi connectivity index (χ3v) is 6.63. The van der Waals surface area contributed by atoms with E-state index in [4.69, 9.17) is 4.42 Å². The van der Waals surface area contributed by atoms with E-state index in [1.807, 2.05) is 13.0 Å². The number of aryl methyl sites for hydroxylation is 1. The summed E-state index contributed by atoms with van der Waals surface area (Å²) in [6.07, 6.45) is 5.15. The number of carboxylic acids is 1. The first-order chi connectivity index (χ1) is 16.2. The first kappa shape index (κ1) is 23.6. The molecule has 3 aromatic rings. The van der Waals surface area contributed by atoms with Crippen LogP contribution in [0.1, 0.15) is 57.7 Å². The van der Waals surface area contributed by atoms with Gasteiger partial charge in [0.1, 0.15) is 17.2 Å². The molecule has 1 amide bonds. The molecular weight excluding hydrogens is 434 g/mol. The van der Waals surface area contributed by atoms with E-state index < -0.39 is 11.9 Å². The number of nitrogens with one attached hydrogen (secondary N) is 1. The maximum Gasteiger partial charge on any atom is 0.335 e. The van der Waals surface area contributed by atoms with Crippen molar-refractivity contribution >= 4 is 34.4 Å². The van der Waals surface area contributed by atoms with E-state index in [0.29, 0.717) is 28.4 Å². The number of aromatic nitrogens is 1. The van der Waals surface area contributed by atoms with E-state index in [1.165, 1.54) is 18.2 Å². The monoisotopic (exact) mass is 463 g/mol. The van der Waals surface area contributed by atoms with Crippen LogP contribution in [0.3, 0.4) is 0 Å². The number of carbonyl (C=O) groups excluding carboxylic acids is 2. The number of aromatic carboxylic acids is 1. The van der Waals surface area contributed by atoms with Gasteiger partial charge >= 0.3 is 5.97 Å². The fourth-order valence-corrected chi connectivity index (χ4v) is 4.59. The minimum absolute atomic E-state index is 0.00948. The second-order valence-corrected chi connectivity index (χ2v) is 9.21. The number of furan rings is 1. The van der Waals surface area contributed by atoms with E-state index >= 15 is 0 Å². The highest BCUT2D eigenvalue weighted by molar-refractivity contribution is 6.08. The number of pyridine rings is 1. The average molecular weight is 464 g/mol. The van der Waals surface area contributed by atoms with Crippen molar-refractivity contribution < 1.29 is 23.9 Å². The Morgan fingerprint density at radius 2 is 1.85 bits per heavy atom. The molecular formula is C26H29N3O5. The summed E-state index contributed by atoms with van der Waals surface area (Å²) in [5, 5.41) is 12.6. The Labute approximate surface area is 198 Å². The van der Waals surface area contributed by atoms with Crippen molar-refractivity contribution in [2.45, 2.75) is 45.1 Å². The number of rotatable bonds is 7. The molecule has 1 aromatic carbocycles. The summed E-state index contributed by atoms with van der Waals surface area (Å²) >= 11 is 0. The first-order valence-electron chi connectivity index (χ1n) is 11.4. The number of hydrogen-bond acceptors (Lipinski definition) is 6. The molecule has 1 aliphatic rings. The molecule has 0 spiro atoms. The highest BCUT2D eigenvalue weighted by Crippen LogP contribution is 2.32. The van der Waals surface area contributed by atoms with Crippen LogP contribution in [0.25, 0.3) is 11.0 Å². The van der Waals surface area contributed by atoms with E-state index in [9.17, 15) is 19.5 Å². The van der Waals surface area contributed by atoms with Gasteiger partial charge in [0, 0.05) is 35.5 Å². The molecule has 1 aliphatic carbocycles. The highest BCUT2D eigenvalue weighted by atomic mass is 16.4. The van der Waals surface area contributed by atoms with Crippen LogP contribution >= 0.6 is 0 Å². The van der Waals surface area contributed by atoms with Gasteiger partial charge in [-0.25, -0.2) is 9.78 Å². The molecule has 0 unspecified atom stereocenters. The van der Waals surface area contributed by atoms with Crippen LogP contribution in [-0.4, -0.2) is 52.8 Å². The number of carboxylic acid groups (broad SMARTS) is 1. The van der Waals surface area contributed by atoms with Gasteiger partial charge in [-0.3, -0.25) is 9.59 Å². The molecule has 1 saturated carbocycles. The number of fused-ring (bicyclic) bond motifs is 1. The zero-order chi connectivity index (χ0) is 24.4. The number of ketones is 1. The third kappa shape index (κ3) is 5.02. The van der Waals surface area contributed by atoms with Crippen molar-refractivity contribution in [2.75, 3.05) is 19.4 Å². The van der Waals surface area contributed by atoms with Crippen molar-refractivity contribution in [1.29, 1.82) is 0 Å². The largest absolute Gasteiger partial charge is 0.478 e. The summed E-state index contributed by atoms with van der Waals surface area (Å²) in [5.74, 6) is -1.28. The Morgan fingerprint density at radius 3 is 2.47 bits per heavy atom. The second kappa shape index (κ2) is 9.77. The molecule has 0 aliphatic heterocycles. The third-order valence-electron chi connectivity index (χ3n) is 6.63. The van der Waals surface area contributed by atoms with Crippen molar-refractivity contribution in [2.24, 2.45) is 5.92 Å². The van der Waals surface area contributed by atoms with Crippen LogP contribution in [0.5, 0.6) is 0 Å². The number of Topliss-reactive ketones (excluding diaryl/α,β-unsaturated/α-hetero) is 1. The van der Waals surface area contributed by atoms with Crippen LogP contribution in [0, 0.1) is 12.8 Å². The summed E-state index contributed by atoms with van der Waals surface area (Å²) in [4.78, 5) is 44.3. The van der Waals surface area contributed by atoms with Gasteiger partial charge in [-0.05, 0) is 76.5 Å². The van der Waals surface area contributed by atoms with Gasteiger partial charge < -0.3 is 19.7 Å². The van der Waals surface area contributed by atoms with E-state index in [1.54, 1.807) is 12.3 Å². The molecule has 0 atom stereocenters. The Morgan fingerprint density at radius 1 is 1.12 bits per heavy atom. The molecule has 2 N–H and O–H groups in total. The van der Waals surface area contributed by atoms with Gasteiger partial charge in [0.2, 0.25) is 0 Å². The number of amides is 1. The lowest BCUT2D eigenvalue weighted by molar-refractivity contribution is -0.123. The molecule has 34 heavy (non-hydrogen) atoms. The highest BCUT2D eigenvalue weighted by Gasteiger charge is 2.30. The first-order valence-corrected chi connectivity index (χ1v) is 11.4. The van der Waals surface area contributed by atoms with E-state index in [2.05, 4.69) is 29.3 Å². The van der Waals surface area contributed by atoms with Gasteiger partial charge in [-0.15, -0.1) is 0 Å². The maximum absolute atomic E-state index is 13.3. The second-order valence-electron chi connectivity index (χ2n) is 9.21. The lowest BCUT2D eigenvalue weighted by Crippen LogP contribution is -2.34. The van der Waals surface area contributed by atoms with Crippen molar-refractivity contribution in [1.82, 2.24) is 9.88 Å². The maximum atomic E-state index is 13.3. The lowest BCUT2D eigenvalue weighted by atomic mass is 9.81. The minimum atomic E-state index is -1.09. The Bertz CT molecular complexity index is 1220. The van der Waals surface area contributed by atoms with Gasteiger partial charge in [0.15, 0.2) is 5.76 Å². The summed E-state index contributed by atoms with van der Waals surface area (Å²) in [7, 11) is 4.11. The molecule has 2 heterocycles. The van der Waals surface area contributed by atoms with E-state index in [-0.39, 0.29) is 29.4 Å². The zero-order valence-electron chi connectivity index (χ0n) is 19.6. The predicted molar refractivity (Wildman–Crippen MR) is 128 cm³/mol. The van der Waals surface area contributed by atoms with Gasteiger partial charge in [-0.2, -0.15) is 0 Å². The summed E-state index contributed by atoms with van der Waals surface area (Å²) < 4.78 is 5.84. The standard InChI is InChI=1S/C26H29N3O5/c1-15-4-11-23(27-14-15)28-25(31)24-20(19-12-17(26(32)33)7-10-22(19)34-24)13-21(30)16-5-8-18(9-6-16)29(2)3/h4,7,10-12,14,16,18H,5-6,8-9,13H2,1-3H3,(H,32,33)(H,27,28,31). The fraction of sp³-hybridized carbons (Fsp3) is 0.385. The van der Waals surface area contributed by atoms with Crippen LogP contribution in [0.15, 0.2) is 40.9 Å². The summed E-state index contributed by atoms with van der Waals surface area (Å²) in [5.41, 5.74) is 1.81. The molecule has 8 heteroatoms. The molecule has 8 nitrogen and oxygen atoms in total. The van der Waals surface area contributed by atoms with Crippen LogP contribution in [0.4, 0.5) is 5.82 Å². The smallest absolute Gasteiger partial charge is 0.335 e. The molecule has 0 saturated heterocycles. The number of benzene rings is 1. The number of anilines is 1. The lowest BCUT2D eigenvalue weighted by Gasteiger charge is -2.32. The van der Waals surface area contributed by atoms with Crippen LogP contribution < -0.4 is 5.32 Å². The van der Waals surface area contributed by atoms with Gasteiger partial charge in [0.25, 0.3) is 5.91 Å². The summed E-state index contributed by atoms with van der Waals surface area (Å²) in [6, 6.07) is 8.40. The SMILES string of the molecule is Cc1ccc(NC(=O)c2oc3ccc(C(=O)O)cc3c2CC(=O)C2CCC(N(C)C)CC2)nc1. The van der Waals surface area contributed by atoms with Crippen LogP contribution in [-0.2, 0) is 11.2 Å². The predicted octanol–water partition coefficient (Wildman–Crippen LogP) is 4.32. The molecule has 2 aromatic heterocycles. The molecule has 0 bridgehead atoms. The normalized spacial score (nSPS) is 18.2. The Kier molecular flexibility index (Phi) is 6.79. The van der Waals surface area contributed by atoms with Crippen molar-refractivity contribution in [3.05, 3.63) is 59.0 Å². The number of hydrogen-bond donors (Lipinski definition) is 2. The molecule has 1 fully saturated rings. The number of nitrogens with zero attached hydrogens (tertiary/aromatic N) is 2. The van der Waals surface area contributed by atoms with Crippen LogP contribution in [0.2, 0.25) is 0 Å². The fourth-order valence-electron chi connectivity index (χ4n) is 4.59. The van der Waals surface area contributed by atoms with Gasteiger partial charge in [0.05, 0.1) is 5.56 Å². The molecule has 4 rings (SSSR count).